The van der Waals surface area contributed by atoms with Crippen LogP contribution in [-0.4, -0.2) is 26.6 Å². The standard InChI is InChI=1S/C11H13ClO3/c1-7-4-11(15-3)8(5-9(7)12)10(13)6-14-2/h4-5H,6H2,1-3H3. The highest BCUT2D eigenvalue weighted by Gasteiger charge is 2.14. The van der Waals surface area contributed by atoms with Crippen LogP contribution in [-0.2, 0) is 4.74 Å². The maximum atomic E-state index is 11.6. The number of Topliss-reactive ketones (excluding diaryl/α,β-unsaturated/α-hetero) is 1. The Kier molecular flexibility index (Phi) is 4.12. The van der Waals surface area contributed by atoms with Crippen molar-refractivity contribution >= 4 is 17.4 Å². The molecule has 0 saturated heterocycles. The highest BCUT2D eigenvalue weighted by atomic mass is 35.5. The summed E-state index contributed by atoms with van der Waals surface area (Å²) >= 11 is 5.94. The molecule has 0 spiro atoms. The largest absolute Gasteiger partial charge is 0.496 e. The minimum atomic E-state index is -0.142. The van der Waals surface area contributed by atoms with Gasteiger partial charge >= 0.3 is 0 Å². The van der Waals surface area contributed by atoms with Gasteiger partial charge in [0.15, 0.2) is 5.78 Å². The fourth-order valence-electron chi connectivity index (χ4n) is 1.25. The number of hydrogen-bond acceptors (Lipinski definition) is 3. The summed E-state index contributed by atoms with van der Waals surface area (Å²) in [7, 11) is 2.99. The highest BCUT2D eigenvalue weighted by molar-refractivity contribution is 6.31. The van der Waals surface area contributed by atoms with E-state index in [1.165, 1.54) is 14.2 Å². The molecule has 4 heteroatoms. The lowest BCUT2D eigenvalue weighted by molar-refractivity contribution is 0.0845. The molecule has 0 aromatic heterocycles. The van der Waals surface area contributed by atoms with E-state index in [2.05, 4.69) is 0 Å². The zero-order valence-corrected chi connectivity index (χ0v) is 9.72. The average Bonchev–Trinajstić information content (AvgIpc) is 2.21. The van der Waals surface area contributed by atoms with Gasteiger partial charge in [0.25, 0.3) is 0 Å². The van der Waals surface area contributed by atoms with Crippen LogP contribution in [0.2, 0.25) is 5.02 Å². The van der Waals surface area contributed by atoms with E-state index in [9.17, 15) is 4.79 Å². The van der Waals surface area contributed by atoms with Crippen molar-refractivity contribution < 1.29 is 14.3 Å². The van der Waals surface area contributed by atoms with Crippen LogP contribution in [0.3, 0.4) is 0 Å². The number of rotatable bonds is 4. The molecule has 0 unspecified atom stereocenters. The van der Waals surface area contributed by atoms with E-state index in [0.29, 0.717) is 16.3 Å². The van der Waals surface area contributed by atoms with Gasteiger partial charge in [-0.2, -0.15) is 0 Å². The summed E-state index contributed by atoms with van der Waals surface area (Å²) in [5.41, 5.74) is 1.33. The van der Waals surface area contributed by atoms with Crippen LogP contribution in [0, 0.1) is 6.92 Å². The van der Waals surface area contributed by atoms with Gasteiger partial charge in [-0.3, -0.25) is 4.79 Å². The Balaban J connectivity index is 3.15. The number of ether oxygens (including phenoxy) is 2. The summed E-state index contributed by atoms with van der Waals surface area (Å²) in [6.45, 7) is 1.88. The van der Waals surface area contributed by atoms with Crippen molar-refractivity contribution in [3.05, 3.63) is 28.3 Å². The number of ketones is 1. The molecule has 0 aliphatic rings. The van der Waals surface area contributed by atoms with Crippen LogP contribution in [0.1, 0.15) is 15.9 Å². The topological polar surface area (TPSA) is 35.5 Å². The third kappa shape index (κ3) is 2.70. The molecule has 0 amide bonds. The summed E-state index contributed by atoms with van der Waals surface area (Å²) in [5, 5.41) is 0.551. The molecule has 82 valence electrons. The van der Waals surface area contributed by atoms with Crippen molar-refractivity contribution in [2.45, 2.75) is 6.92 Å². The van der Waals surface area contributed by atoms with Gasteiger partial charge in [-0.1, -0.05) is 11.6 Å². The SMILES string of the molecule is COCC(=O)c1cc(Cl)c(C)cc1OC. The number of carbonyl (C=O) groups excluding carboxylic acids is 1. The minimum absolute atomic E-state index is 0.0236. The molecule has 0 aliphatic carbocycles. The summed E-state index contributed by atoms with van der Waals surface area (Å²) in [6.07, 6.45) is 0. The zero-order valence-electron chi connectivity index (χ0n) is 8.96. The first-order valence-corrected chi connectivity index (χ1v) is 4.84. The molecule has 0 atom stereocenters. The Morgan fingerprint density at radius 1 is 1.40 bits per heavy atom. The van der Waals surface area contributed by atoms with Crippen molar-refractivity contribution in [3.63, 3.8) is 0 Å². The predicted octanol–water partition coefficient (Wildman–Crippen LogP) is 2.49. The Hall–Kier alpha value is -1.06. The van der Waals surface area contributed by atoms with Crippen LogP contribution in [0.5, 0.6) is 5.75 Å². The summed E-state index contributed by atoms with van der Waals surface area (Å²) in [6, 6.07) is 3.35. The van der Waals surface area contributed by atoms with E-state index in [0.717, 1.165) is 5.56 Å². The first-order chi connectivity index (χ1) is 7.10. The number of benzene rings is 1. The number of carbonyl (C=O) groups is 1. The van der Waals surface area contributed by atoms with Gasteiger partial charge in [0, 0.05) is 12.1 Å². The van der Waals surface area contributed by atoms with Gasteiger partial charge in [0.2, 0.25) is 0 Å². The number of aryl methyl sites for hydroxylation is 1. The lowest BCUT2D eigenvalue weighted by Gasteiger charge is -2.09. The Morgan fingerprint density at radius 3 is 2.60 bits per heavy atom. The van der Waals surface area contributed by atoms with Gasteiger partial charge in [-0.05, 0) is 24.6 Å². The van der Waals surface area contributed by atoms with Crippen molar-refractivity contribution in [2.75, 3.05) is 20.8 Å². The molecule has 1 rings (SSSR count). The van der Waals surface area contributed by atoms with Crippen molar-refractivity contribution in [1.29, 1.82) is 0 Å². The predicted molar refractivity (Wildman–Crippen MR) is 58.9 cm³/mol. The molecular formula is C11H13ClO3. The fraction of sp³-hybridized carbons (Fsp3) is 0.364. The van der Waals surface area contributed by atoms with Gasteiger partial charge in [0.1, 0.15) is 12.4 Å². The quantitative estimate of drug-likeness (QED) is 0.743. The van der Waals surface area contributed by atoms with Crippen molar-refractivity contribution in [3.8, 4) is 5.75 Å². The molecule has 0 aliphatic heterocycles. The summed E-state index contributed by atoms with van der Waals surface area (Å²) in [5.74, 6) is 0.384. The van der Waals surface area contributed by atoms with Gasteiger partial charge in [0.05, 0.1) is 12.7 Å². The molecule has 0 N–H and O–H groups in total. The third-order valence-corrected chi connectivity index (χ3v) is 2.46. The second kappa shape index (κ2) is 5.14. The molecule has 1 aromatic carbocycles. The molecular weight excluding hydrogens is 216 g/mol. The van der Waals surface area contributed by atoms with E-state index in [4.69, 9.17) is 21.1 Å². The van der Waals surface area contributed by atoms with Crippen LogP contribution in [0.25, 0.3) is 0 Å². The Labute approximate surface area is 93.9 Å². The maximum Gasteiger partial charge on any atom is 0.192 e. The molecule has 3 nitrogen and oxygen atoms in total. The van der Waals surface area contributed by atoms with E-state index in [-0.39, 0.29) is 12.4 Å². The van der Waals surface area contributed by atoms with E-state index in [1.807, 2.05) is 6.92 Å². The highest BCUT2D eigenvalue weighted by Crippen LogP contribution is 2.26. The van der Waals surface area contributed by atoms with Gasteiger partial charge < -0.3 is 9.47 Å². The minimum Gasteiger partial charge on any atom is -0.496 e. The molecule has 0 radical (unpaired) electrons. The van der Waals surface area contributed by atoms with Gasteiger partial charge in [-0.25, -0.2) is 0 Å². The first kappa shape index (κ1) is 12.0. The molecule has 0 bridgehead atoms. The molecule has 0 saturated carbocycles. The lowest BCUT2D eigenvalue weighted by atomic mass is 10.1. The van der Waals surface area contributed by atoms with Crippen LogP contribution >= 0.6 is 11.6 Å². The zero-order chi connectivity index (χ0) is 11.4. The number of hydrogen-bond donors (Lipinski definition) is 0. The monoisotopic (exact) mass is 228 g/mol. The normalized spacial score (nSPS) is 10.1. The molecule has 0 heterocycles. The molecule has 1 aromatic rings. The fourth-order valence-corrected chi connectivity index (χ4v) is 1.41. The maximum absolute atomic E-state index is 11.6. The average molecular weight is 229 g/mol. The van der Waals surface area contributed by atoms with Crippen LogP contribution in [0.15, 0.2) is 12.1 Å². The number of methoxy groups -OCH3 is 2. The number of halogens is 1. The van der Waals surface area contributed by atoms with Crippen molar-refractivity contribution in [1.82, 2.24) is 0 Å². The Morgan fingerprint density at radius 2 is 2.07 bits per heavy atom. The van der Waals surface area contributed by atoms with E-state index >= 15 is 0 Å². The van der Waals surface area contributed by atoms with Gasteiger partial charge in [-0.15, -0.1) is 0 Å². The molecule has 15 heavy (non-hydrogen) atoms. The second-order valence-corrected chi connectivity index (χ2v) is 3.57. The summed E-state index contributed by atoms with van der Waals surface area (Å²) in [4.78, 5) is 11.6. The smallest absolute Gasteiger partial charge is 0.192 e. The van der Waals surface area contributed by atoms with E-state index in [1.54, 1.807) is 12.1 Å². The van der Waals surface area contributed by atoms with E-state index < -0.39 is 0 Å². The van der Waals surface area contributed by atoms with Crippen LogP contribution in [0.4, 0.5) is 0 Å². The summed E-state index contributed by atoms with van der Waals surface area (Å²) < 4.78 is 9.89. The first-order valence-electron chi connectivity index (χ1n) is 4.46. The van der Waals surface area contributed by atoms with Crippen LogP contribution < -0.4 is 4.74 Å². The Bertz CT molecular complexity index is 374. The second-order valence-electron chi connectivity index (χ2n) is 3.16. The van der Waals surface area contributed by atoms with Crippen molar-refractivity contribution in [2.24, 2.45) is 0 Å². The lowest BCUT2D eigenvalue weighted by Crippen LogP contribution is -2.09. The third-order valence-electron chi connectivity index (χ3n) is 2.06. The molecule has 0 fully saturated rings.